The van der Waals surface area contributed by atoms with Crippen LogP contribution in [-0.2, 0) is 9.47 Å². The van der Waals surface area contributed by atoms with Gasteiger partial charge in [0.15, 0.2) is 0 Å². The molecule has 0 aliphatic heterocycles. The third kappa shape index (κ3) is 7.23. The zero-order valence-electron chi connectivity index (χ0n) is 22.0. The zero-order valence-corrected chi connectivity index (χ0v) is 22.0. The van der Waals surface area contributed by atoms with Crippen LogP contribution in [-0.4, -0.2) is 31.4 Å². The van der Waals surface area contributed by atoms with Crippen molar-refractivity contribution in [1.82, 2.24) is 16.2 Å². The van der Waals surface area contributed by atoms with Crippen LogP contribution in [0.25, 0.3) is 6.08 Å². The molecule has 0 aromatic heterocycles. The fourth-order valence-electron chi connectivity index (χ4n) is 6.01. The molecule has 0 heterocycles. The van der Waals surface area contributed by atoms with E-state index >= 15 is 0 Å². The first kappa shape index (κ1) is 27.1. The number of carbonyl (C=O) groups is 2. The van der Waals surface area contributed by atoms with Crippen molar-refractivity contribution in [2.75, 3.05) is 13.2 Å². The van der Waals surface area contributed by atoms with E-state index in [0.29, 0.717) is 13.2 Å². The number of rotatable bonds is 10. The van der Waals surface area contributed by atoms with E-state index in [0.717, 1.165) is 56.2 Å². The molecule has 0 saturated heterocycles. The van der Waals surface area contributed by atoms with Crippen molar-refractivity contribution in [3.05, 3.63) is 41.1 Å². The fraction of sp³-hybridized carbons (Fsp3) is 0.643. The van der Waals surface area contributed by atoms with E-state index in [1.165, 1.54) is 5.56 Å². The lowest BCUT2D eigenvalue weighted by atomic mass is 9.57. The van der Waals surface area contributed by atoms with E-state index < -0.39 is 12.2 Å². The minimum absolute atomic E-state index is 0.0257. The van der Waals surface area contributed by atoms with Crippen LogP contribution in [0, 0.1) is 10.8 Å². The number of unbranched alkanes of at least 4 members (excludes halogenated alkanes) is 2. The van der Waals surface area contributed by atoms with Crippen molar-refractivity contribution >= 4 is 18.3 Å². The average molecular weight is 486 g/mol. The summed E-state index contributed by atoms with van der Waals surface area (Å²) in [5.41, 5.74) is 9.13. The molecule has 2 aliphatic carbocycles. The Morgan fingerprint density at radius 1 is 0.971 bits per heavy atom. The molecule has 35 heavy (non-hydrogen) atoms. The van der Waals surface area contributed by atoms with Gasteiger partial charge in [0.05, 0.1) is 13.2 Å². The van der Waals surface area contributed by atoms with Crippen molar-refractivity contribution in [1.29, 1.82) is 0 Å². The average Bonchev–Trinajstić information content (AvgIpc) is 3.15. The van der Waals surface area contributed by atoms with Gasteiger partial charge in [-0.3, -0.25) is 10.7 Å². The second kappa shape index (κ2) is 11.9. The van der Waals surface area contributed by atoms with Crippen LogP contribution in [0.4, 0.5) is 9.59 Å². The summed E-state index contributed by atoms with van der Waals surface area (Å²) in [5, 5.41) is 3.07. The van der Waals surface area contributed by atoms with E-state index in [9.17, 15) is 9.59 Å². The van der Waals surface area contributed by atoms with Crippen LogP contribution >= 0.6 is 0 Å². The van der Waals surface area contributed by atoms with Gasteiger partial charge < -0.3 is 9.47 Å². The van der Waals surface area contributed by atoms with Crippen molar-refractivity contribution in [3.8, 4) is 0 Å². The lowest BCUT2D eigenvalue weighted by Gasteiger charge is -2.50. The number of carbonyl (C=O) groups excluding carboxylic acids is 2. The third-order valence-electron chi connectivity index (χ3n) is 7.11. The first-order valence-electron chi connectivity index (χ1n) is 13.1. The Hall–Kier alpha value is -2.54. The standard InChI is InChI=1S/C28H43N3O4/c1-6-8-14-34-25(32)29-23-16-20-12-10-11-13-22(20)24(23)28(5)18-21(17-27(3,4)19-28)30-31-26(33)35-15-9-7-2/h10-13,16,21,24,30H,6-9,14-15,17-19H2,1-5H3,(H,29,32)(H,31,33). The number of hydrogen-bond donors (Lipinski definition) is 3. The Bertz CT molecular complexity index is 913. The molecule has 1 fully saturated rings. The molecule has 7 heteroatoms. The quantitative estimate of drug-likeness (QED) is 0.269. The molecule has 2 amide bonds. The topological polar surface area (TPSA) is 88.7 Å². The second-order valence-corrected chi connectivity index (χ2v) is 11.1. The summed E-state index contributed by atoms with van der Waals surface area (Å²) in [6.07, 6.45) is 7.67. The lowest BCUT2D eigenvalue weighted by Crippen LogP contribution is -2.53. The molecule has 194 valence electrons. The van der Waals surface area contributed by atoms with Crippen LogP contribution < -0.4 is 16.2 Å². The van der Waals surface area contributed by atoms with E-state index in [1.54, 1.807) is 0 Å². The monoisotopic (exact) mass is 485 g/mol. The van der Waals surface area contributed by atoms with E-state index in [2.05, 4.69) is 75.1 Å². The van der Waals surface area contributed by atoms with Gasteiger partial charge >= 0.3 is 12.2 Å². The SMILES string of the molecule is CCCCOC(=O)NNC1CC(C)(C)CC(C)(C2C(NC(=O)OCCCC)=Cc3ccccc32)C1. The minimum atomic E-state index is -0.438. The normalized spacial score (nSPS) is 24.8. The van der Waals surface area contributed by atoms with Gasteiger partial charge in [0, 0.05) is 17.7 Å². The predicted molar refractivity (Wildman–Crippen MR) is 139 cm³/mol. The molecule has 3 unspecified atom stereocenters. The summed E-state index contributed by atoms with van der Waals surface area (Å²) in [6, 6.07) is 8.42. The summed E-state index contributed by atoms with van der Waals surface area (Å²) in [5.74, 6) is 0.0257. The second-order valence-electron chi connectivity index (χ2n) is 11.1. The summed E-state index contributed by atoms with van der Waals surface area (Å²) in [6.45, 7) is 11.8. The largest absolute Gasteiger partial charge is 0.449 e. The maximum atomic E-state index is 12.6. The van der Waals surface area contributed by atoms with E-state index in [4.69, 9.17) is 9.47 Å². The molecule has 1 aromatic rings. The summed E-state index contributed by atoms with van der Waals surface area (Å²) >= 11 is 0. The Labute approximate surface area is 210 Å². The molecule has 2 aliphatic rings. The third-order valence-corrected chi connectivity index (χ3v) is 7.11. The highest BCUT2D eigenvalue weighted by Crippen LogP contribution is 2.57. The van der Waals surface area contributed by atoms with Gasteiger partial charge in [-0.15, -0.1) is 0 Å². The van der Waals surface area contributed by atoms with Crippen molar-refractivity contribution in [2.45, 2.75) is 91.5 Å². The van der Waals surface area contributed by atoms with E-state index in [-0.39, 0.29) is 22.8 Å². The summed E-state index contributed by atoms with van der Waals surface area (Å²) in [7, 11) is 0. The molecule has 0 spiro atoms. The molecule has 1 aromatic carbocycles. The fourth-order valence-corrected chi connectivity index (χ4v) is 6.01. The van der Waals surface area contributed by atoms with Crippen LogP contribution in [0.15, 0.2) is 30.0 Å². The van der Waals surface area contributed by atoms with Crippen LogP contribution in [0.2, 0.25) is 0 Å². The van der Waals surface area contributed by atoms with Gasteiger partial charge in [0.1, 0.15) is 0 Å². The number of amides is 2. The number of alkyl carbamates (subject to hydrolysis) is 1. The van der Waals surface area contributed by atoms with Crippen molar-refractivity contribution < 1.29 is 19.1 Å². The number of benzene rings is 1. The van der Waals surface area contributed by atoms with Gasteiger partial charge in [-0.25, -0.2) is 15.0 Å². The highest BCUT2D eigenvalue weighted by atomic mass is 16.6. The molecule has 0 bridgehead atoms. The number of hydrogen-bond acceptors (Lipinski definition) is 5. The minimum Gasteiger partial charge on any atom is -0.449 e. The van der Waals surface area contributed by atoms with Crippen LogP contribution in [0.3, 0.4) is 0 Å². The number of hydrazine groups is 1. The maximum Gasteiger partial charge on any atom is 0.421 e. The van der Waals surface area contributed by atoms with Gasteiger partial charge in [-0.2, -0.15) is 0 Å². The molecule has 0 radical (unpaired) electrons. The highest BCUT2D eigenvalue weighted by Gasteiger charge is 2.49. The summed E-state index contributed by atoms with van der Waals surface area (Å²) < 4.78 is 10.7. The van der Waals surface area contributed by atoms with Gasteiger partial charge in [-0.05, 0) is 60.1 Å². The molecule has 3 atom stereocenters. The van der Waals surface area contributed by atoms with Gasteiger partial charge in [0.25, 0.3) is 0 Å². The highest BCUT2D eigenvalue weighted by molar-refractivity contribution is 5.76. The number of fused-ring (bicyclic) bond motifs is 1. The number of ether oxygens (including phenoxy) is 2. The zero-order chi connectivity index (χ0) is 25.5. The summed E-state index contributed by atoms with van der Waals surface area (Å²) in [4.78, 5) is 24.7. The molecule has 1 saturated carbocycles. The molecule has 7 nitrogen and oxygen atoms in total. The van der Waals surface area contributed by atoms with Crippen LogP contribution in [0.1, 0.15) is 96.6 Å². The molecule has 3 N–H and O–H groups in total. The number of allylic oxidation sites excluding steroid dienone is 1. The Kier molecular flexibility index (Phi) is 9.22. The molecular weight excluding hydrogens is 442 g/mol. The number of nitrogens with one attached hydrogen (secondary N) is 3. The first-order chi connectivity index (χ1) is 16.7. The van der Waals surface area contributed by atoms with Crippen LogP contribution in [0.5, 0.6) is 0 Å². The molecular formula is C28H43N3O4. The van der Waals surface area contributed by atoms with Crippen molar-refractivity contribution in [3.63, 3.8) is 0 Å². The Morgan fingerprint density at radius 2 is 1.63 bits per heavy atom. The predicted octanol–water partition coefficient (Wildman–Crippen LogP) is 6.27. The van der Waals surface area contributed by atoms with Crippen molar-refractivity contribution in [2.24, 2.45) is 10.8 Å². The van der Waals surface area contributed by atoms with Gasteiger partial charge in [0.2, 0.25) is 0 Å². The lowest BCUT2D eigenvalue weighted by molar-refractivity contribution is 0.0492. The Balaban J connectivity index is 1.77. The maximum absolute atomic E-state index is 12.6. The smallest absolute Gasteiger partial charge is 0.421 e. The van der Waals surface area contributed by atoms with E-state index in [1.807, 2.05) is 6.07 Å². The Morgan fingerprint density at radius 3 is 2.31 bits per heavy atom. The molecule has 3 rings (SSSR count). The first-order valence-corrected chi connectivity index (χ1v) is 13.1. The van der Waals surface area contributed by atoms with Gasteiger partial charge in [-0.1, -0.05) is 71.7 Å².